The number of amides is 2. The van der Waals surface area contributed by atoms with Gasteiger partial charge in [-0.15, -0.1) is 11.8 Å². The smallest absolute Gasteiger partial charge is 0.246 e. The van der Waals surface area contributed by atoms with Crippen LogP contribution in [0, 0.1) is 5.92 Å². The maximum atomic E-state index is 13.2. The van der Waals surface area contributed by atoms with E-state index in [9.17, 15) is 9.59 Å². The minimum absolute atomic E-state index is 0.00333. The average molecular weight is 399 g/mol. The highest BCUT2D eigenvalue weighted by atomic mass is 35.5. The van der Waals surface area contributed by atoms with E-state index in [1.807, 2.05) is 53.4 Å². The van der Waals surface area contributed by atoms with Gasteiger partial charge in [-0.1, -0.05) is 41.9 Å². The molecule has 138 valence electrons. The van der Waals surface area contributed by atoms with Crippen LogP contribution in [0.5, 0.6) is 0 Å². The van der Waals surface area contributed by atoms with E-state index >= 15 is 0 Å². The zero-order chi connectivity index (χ0) is 18.6. The third-order valence-corrected chi connectivity index (χ3v) is 7.32. The Morgan fingerprint density at radius 3 is 2.59 bits per heavy atom. The first kappa shape index (κ1) is 17.1. The second-order valence-electron chi connectivity index (χ2n) is 7.39. The summed E-state index contributed by atoms with van der Waals surface area (Å²) in [5.41, 5.74) is 2.82. The van der Waals surface area contributed by atoms with Crippen molar-refractivity contribution in [3.63, 3.8) is 0 Å². The lowest BCUT2D eigenvalue weighted by atomic mass is 9.94. The molecule has 1 unspecified atom stereocenters. The van der Waals surface area contributed by atoms with E-state index in [0.717, 1.165) is 29.7 Å². The van der Waals surface area contributed by atoms with Gasteiger partial charge >= 0.3 is 0 Å². The van der Waals surface area contributed by atoms with Crippen molar-refractivity contribution in [2.45, 2.75) is 17.7 Å². The number of carbonyl (C=O) groups excluding carboxylic acids is 2. The van der Waals surface area contributed by atoms with Crippen LogP contribution in [0.15, 0.2) is 48.5 Å². The number of halogens is 1. The molecule has 1 saturated carbocycles. The molecule has 2 aliphatic heterocycles. The van der Waals surface area contributed by atoms with Crippen LogP contribution in [0.4, 0.5) is 5.69 Å². The van der Waals surface area contributed by atoms with Gasteiger partial charge in [0.15, 0.2) is 0 Å². The fraction of sp³-hybridized carbons (Fsp3) is 0.333. The number of carbonyl (C=O) groups is 2. The standard InChI is InChI=1S/C21H19ClN2O2S/c22-16-8-9-18-17(10-16)21(15-4-2-1-3-5-15)24(20(26)13-27-21)12-19(25)23(18)11-14-6-7-14/h1-5,8-10,14H,6-7,11-13H2. The summed E-state index contributed by atoms with van der Waals surface area (Å²) in [6, 6.07) is 15.7. The zero-order valence-corrected chi connectivity index (χ0v) is 16.3. The van der Waals surface area contributed by atoms with Gasteiger partial charge in [0.05, 0.1) is 11.4 Å². The Kier molecular flexibility index (Phi) is 3.99. The molecule has 0 spiro atoms. The SMILES string of the molecule is O=C1CN2C(=O)CSC2(c2ccccc2)c2cc(Cl)ccc2N1CC1CC1. The summed E-state index contributed by atoms with van der Waals surface area (Å²) in [6.07, 6.45) is 2.32. The topological polar surface area (TPSA) is 40.6 Å². The number of hydrogen-bond acceptors (Lipinski definition) is 3. The minimum Gasteiger partial charge on any atom is -0.310 e. The van der Waals surface area contributed by atoms with Crippen molar-refractivity contribution in [2.24, 2.45) is 5.92 Å². The fourth-order valence-corrected chi connectivity index (χ4v) is 5.71. The van der Waals surface area contributed by atoms with Gasteiger partial charge in [-0.2, -0.15) is 0 Å². The molecule has 0 radical (unpaired) electrons. The maximum Gasteiger partial charge on any atom is 0.246 e. The molecular formula is C21H19ClN2O2S. The van der Waals surface area contributed by atoms with Crippen LogP contribution in [0.3, 0.4) is 0 Å². The van der Waals surface area contributed by atoms with E-state index in [-0.39, 0.29) is 18.4 Å². The lowest BCUT2D eigenvalue weighted by molar-refractivity contribution is -0.134. The summed E-state index contributed by atoms with van der Waals surface area (Å²) in [7, 11) is 0. The van der Waals surface area contributed by atoms with Gasteiger partial charge in [-0.3, -0.25) is 9.59 Å². The molecule has 2 fully saturated rings. The Balaban J connectivity index is 1.77. The van der Waals surface area contributed by atoms with Crippen molar-refractivity contribution in [3.8, 4) is 0 Å². The van der Waals surface area contributed by atoms with Crippen molar-refractivity contribution in [1.82, 2.24) is 4.90 Å². The van der Waals surface area contributed by atoms with E-state index in [0.29, 0.717) is 23.2 Å². The first-order chi connectivity index (χ1) is 13.1. The first-order valence-electron chi connectivity index (χ1n) is 9.20. The third-order valence-electron chi connectivity index (χ3n) is 5.60. The summed E-state index contributed by atoms with van der Waals surface area (Å²) in [5.74, 6) is 0.897. The molecule has 5 rings (SSSR count). The predicted octanol–water partition coefficient (Wildman–Crippen LogP) is 3.87. The maximum absolute atomic E-state index is 13.2. The molecule has 0 N–H and O–H groups in total. The van der Waals surface area contributed by atoms with Crippen LogP contribution in [0.1, 0.15) is 24.0 Å². The van der Waals surface area contributed by atoms with E-state index in [1.54, 1.807) is 16.7 Å². The van der Waals surface area contributed by atoms with Gasteiger partial charge in [-0.25, -0.2) is 0 Å². The highest BCUT2D eigenvalue weighted by molar-refractivity contribution is 8.01. The Morgan fingerprint density at radius 2 is 1.85 bits per heavy atom. The number of rotatable bonds is 3. The Morgan fingerprint density at radius 1 is 1.07 bits per heavy atom. The van der Waals surface area contributed by atoms with Gasteiger partial charge in [0.1, 0.15) is 11.4 Å². The van der Waals surface area contributed by atoms with E-state index in [2.05, 4.69) is 0 Å². The molecule has 1 saturated heterocycles. The first-order valence-corrected chi connectivity index (χ1v) is 10.6. The number of anilines is 1. The number of fused-ring (bicyclic) bond motifs is 3. The predicted molar refractivity (Wildman–Crippen MR) is 108 cm³/mol. The molecule has 1 aliphatic carbocycles. The molecule has 3 aliphatic rings. The molecule has 2 aromatic carbocycles. The third kappa shape index (κ3) is 2.67. The summed E-state index contributed by atoms with van der Waals surface area (Å²) >= 11 is 7.97. The molecule has 2 aromatic rings. The van der Waals surface area contributed by atoms with Gasteiger partial charge in [-0.05, 0) is 42.5 Å². The molecule has 1 atom stereocenters. The molecule has 27 heavy (non-hydrogen) atoms. The van der Waals surface area contributed by atoms with Crippen molar-refractivity contribution >= 4 is 40.9 Å². The van der Waals surface area contributed by atoms with E-state index in [4.69, 9.17) is 11.6 Å². The Labute approximate surface area is 167 Å². The number of thioether (sulfide) groups is 1. The summed E-state index contributed by atoms with van der Waals surface area (Å²) in [6.45, 7) is 0.810. The largest absolute Gasteiger partial charge is 0.310 e. The van der Waals surface area contributed by atoms with Crippen molar-refractivity contribution in [3.05, 3.63) is 64.7 Å². The molecule has 6 heteroatoms. The van der Waals surface area contributed by atoms with Crippen LogP contribution in [-0.2, 0) is 14.5 Å². The number of nitrogens with zero attached hydrogens (tertiary/aromatic N) is 2. The minimum atomic E-state index is -0.716. The molecule has 0 aromatic heterocycles. The summed E-state index contributed by atoms with van der Waals surface area (Å²) in [4.78, 5) is 28.9. The van der Waals surface area contributed by atoms with Crippen LogP contribution in [0.2, 0.25) is 5.02 Å². The fourth-order valence-electron chi connectivity index (χ4n) is 4.11. The second kappa shape index (κ2) is 6.28. The van der Waals surface area contributed by atoms with Crippen molar-refractivity contribution in [1.29, 1.82) is 0 Å². The van der Waals surface area contributed by atoms with E-state index < -0.39 is 4.87 Å². The van der Waals surface area contributed by atoms with Gasteiger partial charge in [0, 0.05) is 17.1 Å². The van der Waals surface area contributed by atoms with Crippen molar-refractivity contribution < 1.29 is 9.59 Å². The van der Waals surface area contributed by atoms with Crippen LogP contribution >= 0.6 is 23.4 Å². The zero-order valence-electron chi connectivity index (χ0n) is 14.7. The van der Waals surface area contributed by atoms with Crippen LogP contribution in [0.25, 0.3) is 0 Å². The number of benzene rings is 2. The summed E-state index contributed by atoms with van der Waals surface area (Å²) in [5, 5.41) is 0.615. The normalized spacial score (nSPS) is 24.6. The Hall–Kier alpha value is -1.98. The van der Waals surface area contributed by atoms with Crippen LogP contribution in [-0.4, -0.2) is 35.6 Å². The van der Waals surface area contributed by atoms with Gasteiger partial charge in [0.2, 0.25) is 11.8 Å². The Bertz CT molecular complexity index is 931. The summed E-state index contributed by atoms with van der Waals surface area (Å²) < 4.78 is 0. The molecule has 0 bridgehead atoms. The molecular weight excluding hydrogens is 380 g/mol. The van der Waals surface area contributed by atoms with Crippen molar-refractivity contribution in [2.75, 3.05) is 23.7 Å². The van der Waals surface area contributed by atoms with Crippen LogP contribution < -0.4 is 4.90 Å². The monoisotopic (exact) mass is 398 g/mol. The highest BCUT2D eigenvalue weighted by Gasteiger charge is 2.53. The lowest BCUT2D eigenvalue weighted by Gasteiger charge is -2.37. The van der Waals surface area contributed by atoms with E-state index in [1.165, 1.54) is 0 Å². The lowest BCUT2D eigenvalue weighted by Crippen LogP contribution is -2.46. The second-order valence-corrected chi connectivity index (χ2v) is 8.99. The highest BCUT2D eigenvalue weighted by Crippen LogP contribution is 2.54. The number of hydrogen-bond donors (Lipinski definition) is 0. The molecule has 2 heterocycles. The molecule has 4 nitrogen and oxygen atoms in total. The quantitative estimate of drug-likeness (QED) is 0.787. The van der Waals surface area contributed by atoms with Gasteiger partial charge in [0.25, 0.3) is 0 Å². The average Bonchev–Trinajstić information content (AvgIpc) is 3.45. The van der Waals surface area contributed by atoms with Gasteiger partial charge < -0.3 is 9.80 Å². The molecule has 2 amide bonds.